The van der Waals surface area contributed by atoms with Crippen molar-refractivity contribution in [2.75, 3.05) is 15.2 Å². The van der Waals surface area contributed by atoms with Gasteiger partial charge in [-0.1, -0.05) is 69.6 Å². The maximum atomic E-state index is 13.1. The second-order valence-corrected chi connectivity index (χ2v) is 18.8. The standard InChI is InChI=1S/C19H9Cl3F3N3O5S.C19H11Cl3F3N3O3S/c20-9-5-16(27-34(32,33)11-2-4-15(22)13(7-11)19(23,24)25)17(26-8-9)18(29)12-6-10(28(30)31)1-3-14(12)21;20-9-5-16(17(27-8-9)18(29)12-6-10(26)1-3-14(12)21)28-32(30,31)11-2-4-15(22)13(7-11)19(23,24)25/h1-8,27H;1-8,28H,26H2. The Labute approximate surface area is 397 Å². The molecule has 2 aromatic heterocycles. The maximum Gasteiger partial charge on any atom is 0.417 e. The molecule has 346 valence electrons. The molecule has 0 amide bonds. The van der Waals surface area contributed by atoms with Crippen molar-refractivity contribution in [3.8, 4) is 0 Å². The van der Waals surface area contributed by atoms with Gasteiger partial charge in [0.1, 0.15) is 11.4 Å². The fraction of sp³-hybridized carbons (Fsp3) is 0.0526. The molecule has 2 heterocycles. The summed E-state index contributed by atoms with van der Waals surface area (Å²) in [7, 11) is -9.30. The molecule has 4 aromatic carbocycles. The van der Waals surface area contributed by atoms with Gasteiger partial charge in [-0.15, -0.1) is 0 Å². The lowest BCUT2D eigenvalue weighted by Gasteiger charge is -2.14. The van der Waals surface area contributed by atoms with Crippen molar-refractivity contribution in [2.45, 2.75) is 22.1 Å². The molecule has 0 bridgehead atoms. The molecule has 66 heavy (non-hydrogen) atoms. The molecule has 0 fully saturated rings. The van der Waals surface area contributed by atoms with E-state index in [1.54, 1.807) is 0 Å². The number of nitrogens with two attached hydrogens (primary N) is 1. The number of hydrogen-bond acceptors (Lipinski definition) is 11. The first-order valence-electron chi connectivity index (χ1n) is 17.2. The number of carbonyl (C=O) groups is 2. The van der Waals surface area contributed by atoms with Crippen molar-refractivity contribution >= 4 is 124 Å². The highest BCUT2D eigenvalue weighted by Gasteiger charge is 2.36. The van der Waals surface area contributed by atoms with Gasteiger partial charge in [-0.05, 0) is 72.8 Å². The molecule has 6 rings (SSSR count). The predicted octanol–water partition coefficient (Wildman–Crippen LogP) is 11.7. The normalized spacial score (nSPS) is 11.9. The average molecular weight is 1080 g/mol. The van der Waals surface area contributed by atoms with Crippen LogP contribution in [-0.4, -0.2) is 43.3 Å². The number of anilines is 3. The Kier molecular flexibility index (Phi) is 15.4. The predicted molar refractivity (Wildman–Crippen MR) is 234 cm³/mol. The molecule has 0 unspecified atom stereocenters. The minimum atomic E-state index is -4.93. The van der Waals surface area contributed by atoms with Crippen LogP contribution in [0.25, 0.3) is 0 Å². The van der Waals surface area contributed by atoms with E-state index in [2.05, 4.69) is 9.97 Å². The van der Waals surface area contributed by atoms with E-state index in [1.165, 1.54) is 18.2 Å². The number of ketones is 2. The van der Waals surface area contributed by atoms with Crippen molar-refractivity contribution in [3.05, 3.63) is 171 Å². The average Bonchev–Trinajstić information content (AvgIpc) is 3.20. The minimum Gasteiger partial charge on any atom is -0.399 e. The summed E-state index contributed by atoms with van der Waals surface area (Å²) in [5.74, 6) is -1.79. The van der Waals surface area contributed by atoms with Crippen LogP contribution < -0.4 is 15.2 Å². The molecule has 0 radical (unpaired) electrons. The molecule has 0 saturated heterocycles. The lowest BCUT2D eigenvalue weighted by molar-refractivity contribution is -0.384. The van der Waals surface area contributed by atoms with Crippen molar-refractivity contribution in [1.29, 1.82) is 0 Å². The number of carbonyl (C=O) groups excluding carboxylic acids is 2. The first-order valence-corrected chi connectivity index (χ1v) is 22.4. The second-order valence-electron chi connectivity index (χ2n) is 12.9. The van der Waals surface area contributed by atoms with E-state index >= 15 is 0 Å². The number of nitrogens with zero attached hydrogens (tertiary/aromatic N) is 3. The smallest absolute Gasteiger partial charge is 0.399 e. The van der Waals surface area contributed by atoms with Gasteiger partial charge >= 0.3 is 12.4 Å². The van der Waals surface area contributed by atoms with Gasteiger partial charge in [-0.25, -0.2) is 26.8 Å². The van der Waals surface area contributed by atoms with E-state index in [1.807, 2.05) is 9.44 Å². The SMILES string of the molecule is Nc1ccc(Cl)c(C(=O)c2ncc(Cl)cc2NS(=O)(=O)c2ccc(Cl)c(C(F)(F)F)c2)c1.O=C(c1cc([N+](=O)[O-])ccc1Cl)c1ncc(Cl)cc1NS(=O)(=O)c1ccc(Cl)c(C(F)(F)F)c1. The number of halogens is 12. The Morgan fingerprint density at radius 1 is 0.576 bits per heavy atom. The molecule has 0 atom stereocenters. The summed E-state index contributed by atoms with van der Waals surface area (Å²) in [6.07, 6.45) is -7.72. The Morgan fingerprint density at radius 3 is 1.35 bits per heavy atom. The molecule has 0 spiro atoms. The number of benzene rings is 4. The van der Waals surface area contributed by atoms with E-state index in [0.29, 0.717) is 12.1 Å². The van der Waals surface area contributed by atoms with Crippen LogP contribution in [0.2, 0.25) is 30.1 Å². The summed E-state index contributed by atoms with van der Waals surface area (Å²) in [6, 6.07) is 13.2. The number of rotatable bonds is 11. The third kappa shape index (κ3) is 12.1. The van der Waals surface area contributed by atoms with Gasteiger partial charge in [0.15, 0.2) is 0 Å². The van der Waals surface area contributed by atoms with E-state index in [-0.39, 0.29) is 42.6 Å². The zero-order chi connectivity index (χ0) is 49.3. The Hall–Kier alpha value is -5.46. The monoisotopic (exact) mass is 1080 g/mol. The van der Waals surface area contributed by atoms with Gasteiger partial charge in [0.05, 0.1) is 67.4 Å². The molecule has 4 N–H and O–H groups in total. The largest absolute Gasteiger partial charge is 0.417 e. The third-order valence-corrected chi connectivity index (χ3v) is 12.8. The highest BCUT2D eigenvalue weighted by Crippen LogP contribution is 2.38. The summed E-state index contributed by atoms with van der Waals surface area (Å²) in [5.41, 5.74) is 0.459. The lowest BCUT2D eigenvalue weighted by atomic mass is 10.1. The van der Waals surface area contributed by atoms with E-state index in [9.17, 15) is 62.9 Å². The van der Waals surface area contributed by atoms with Crippen LogP contribution in [0.3, 0.4) is 0 Å². The number of pyridine rings is 2. The van der Waals surface area contributed by atoms with Crippen LogP contribution in [0, 0.1) is 10.1 Å². The van der Waals surface area contributed by atoms with Gasteiger partial charge in [0.2, 0.25) is 11.6 Å². The number of non-ortho nitro benzene ring substituents is 1. The number of aromatic nitrogens is 2. The fourth-order valence-electron chi connectivity index (χ4n) is 5.35. The maximum absolute atomic E-state index is 13.1. The highest BCUT2D eigenvalue weighted by atomic mass is 35.5. The molecule has 14 nitrogen and oxygen atoms in total. The minimum absolute atomic E-state index is 0.0299. The second kappa shape index (κ2) is 19.8. The van der Waals surface area contributed by atoms with Crippen LogP contribution in [0.4, 0.5) is 49.1 Å². The molecular weight excluding hydrogens is 1060 g/mol. The van der Waals surface area contributed by atoms with Gasteiger partial charge in [0.25, 0.3) is 25.7 Å². The van der Waals surface area contributed by atoms with Crippen LogP contribution in [-0.2, 0) is 32.4 Å². The Balaban J connectivity index is 0.000000248. The molecule has 0 aliphatic heterocycles. The fourth-order valence-corrected chi connectivity index (χ4v) is 8.69. The van der Waals surface area contributed by atoms with E-state index in [4.69, 9.17) is 75.3 Å². The molecule has 28 heteroatoms. The summed E-state index contributed by atoms with van der Waals surface area (Å²) in [4.78, 5) is 42.3. The number of nitro groups is 1. The number of alkyl halides is 6. The zero-order valence-electron chi connectivity index (χ0n) is 31.8. The van der Waals surface area contributed by atoms with Gasteiger partial charge < -0.3 is 5.73 Å². The third-order valence-electron chi connectivity index (χ3n) is 8.37. The molecule has 6 aromatic rings. The lowest BCUT2D eigenvalue weighted by Crippen LogP contribution is -2.18. The van der Waals surface area contributed by atoms with Gasteiger partial charge in [-0.3, -0.25) is 29.1 Å². The molecule has 0 aliphatic rings. The summed E-state index contributed by atoms with van der Waals surface area (Å²) >= 11 is 34.8. The number of hydrogen-bond donors (Lipinski definition) is 3. The van der Waals surface area contributed by atoms with E-state index in [0.717, 1.165) is 67.0 Å². The molecule has 0 aliphatic carbocycles. The van der Waals surface area contributed by atoms with E-state index < -0.39 is 103 Å². The summed E-state index contributed by atoms with van der Waals surface area (Å²) in [5, 5.41) is 9.34. The van der Waals surface area contributed by atoms with Crippen molar-refractivity contribution < 1.29 is 57.7 Å². The first-order chi connectivity index (χ1) is 30.5. The highest BCUT2D eigenvalue weighted by molar-refractivity contribution is 7.93. The summed E-state index contributed by atoms with van der Waals surface area (Å²) < 4.78 is 134. The van der Waals surface area contributed by atoms with Gasteiger partial charge in [0, 0.05) is 41.3 Å². The number of sulfonamides is 2. The van der Waals surface area contributed by atoms with Gasteiger partial charge in [-0.2, -0.15) is 26.3 Å². The number of nitrogen functional groups attached to an aromatic ring is 1. The Bertz CT molecular complexity index is 3190. The van der Waals surface area contributed by atoms with Crippen molar-refractivity contribution in [1.82, 2.24) is 9.97 Å². The first kappa shape index (κ1) is 51.5. The quantitative estimate of drug-likeness (QED) is 0.0364. The van der Waals surface area contributed by atoms with Crippen LogP contribution in [0.15, 0.2) is 107 Å². The van der Waals surface area contributed by atoms with Crippen molar-refractivity contribution in [2.24, 2.45) is 0 Å². The van der Waals surface area contributed by atoms with Crippen LogP contribution >= 0.6 is 69.6 Å². The molecule has 0 saturated carbocycles. The molecular formula is C38H20Cl6F6N6O8S2. The summed E-state index contributed by atoms with van der Waals surface area (Å²) in [6.45, 7) is 0. The zero-order valence-corrected chi connectivity index (χ0v) is 37.9. The number of nitrogens with one attached hydrogen (secondary N) is 2. The number of nitro benzene ring substituents is 1. The topological polar surface area (TPSA) is 221 Å². The van der Waals surface area contributed by atoms with Crippen LogP contribution in [0.5, 0.6) is 0 Å². The van der Waals surface area contributed by atoms with Crippen molar-refractivity contribution in [3.63, 3.8) is 0 Å². The Morgan fingerprint density at radius 2 is 0.955 bits per heavy atom. The van der Waals surface area contributed by atoms with Crippen LogP contribution in [0.1, 0.15) is 43.2 Å².